The molecule has 0 aliphatic rings. The summed E-state index contributed by atoms with van der Waals surface area (Å²) >= 11 is 7.09. The number of esters is 1. The standard InChI is InChI=1S/C13H12ClFN2O2S/c1-2-19-12(18)6-11-7-20-13(17-11)16-10-4-8(14)3-9(15)5-10/h3-5,7H,2,6H2,1H3,(H,16,17). The second-order valence-electron chi connectivity index (χ2n) is 3.91. The molecule has 0 fully saturated rings. The Kier molecular flexibility index (Phi) is 4.92. The fraction of sp³-hybridized carbons (Fsp3) is 0.231. The number of halogens is 2. The molecule has 7 heteroatoms. The summed E-state index contributed by atoms with van der Waals surface area (Å²) in [4.78, 5) is 15.6. The molecular formula is C13H12ClFN2O2S. The molecule has 1 N–H and O–H groups in total. The van der Waals surface area contributed by atoms with Crippen molar-refractivity contribution in [2.24, 2.45) is 0 Å². The smallest absolute Gasteiger partial charge is 0.311 e. The molecular weight excluding hydrogens is 303 g/mol. The van der Waals surface area contributed by atoms with Crippen LogP contribution in [0, 0.1) is 5.82 Å². The number of benzene rings is 1. The topological polar surface area (TPSA) is 51.2 Å². The van der Waals surface area contributed by atoms with Gasteiger partial charge in [0.15, 0.2) is 5.13 Å². The monoisotopic (exact) mass is 314 g/mol. The molecule has 2 aromatic rings. The zero-order valence-corrected chi connectivity index (χ0v) is 12.2. The van der Waals surface area contributed by atoms with Crippen LogP contribution < -0.4 is 5.32 Å². The lowest BCUT2D eigenvalue weighted by atomic mass is 10.3. The van der Waals surface area contributed by atoms with E-state index >= 15 is 0 Å². The Hall–Kier alpha value is -1.66. The highest BCUT2D eigenvalue weighted by Crippen LogP contribution is 2.24. The summed E-state index contributed by atoms with van der Waals surface area (Å²) in [6.07, 6.45) is 0.121. The van der Waals surface area contributed by atoms with Crippen molar-refractivity contribution in [3.8, 4) is 0 Å². The first-order chi connectivity index (χ1) is 9.56. The first-order valence-electron chi connectivity index (χ1n) is 5.90. The number of carbonyl (C=O) groups excluding carboxylic acids is 1. The van der Waals surface area contributed by atoms with E-state index in [1.54, 1.807) is 18.4 Å². The second-order valence-corrected chi connectivity index (χ2v) is 5.20. The van der Waals surface area contributed by atoms with Crippen molar-refractivity contribution in [2.75, 3.05) is 11.9 Å². The Labute approximate surface area is 124 Å². The SMILES string of the molecule is CCOC(=O)Cc1csc(Nc2cc(F)cc(Cl)c2)n1. The quantitative estimate of drug-likeness (QED) is 0.853. The van der Waals surface area contributed by atoms with Gasteiger partial charge in [0.05, 0.1) is 18.7 Å². The first kappa shape index (κ1) is 14.7. The molecule has 0 radical (unpaired) electrons. The predicted molar refractivity (Wildman–Crippen MR) is 77.1 cm³/mol. The van der Waals surface area contributed by atoms with Crippen LogP contribution in [0.5, 0.6) is 0 Å². The maximum absolute atomic E-state index is 13.2. The second kappa shape index (κ2) is 6.67. The van der Waals surface area contributed by atoms with E-state index in [2.05, 4.69) is 10.3 Å². The first-order valence-corrected chi connectivity index (χ1v) is 7.15. The largest absolute Gasteiger partial charge is 0.466 e. The highest BCUT2D eigenvalue weighted by Gasteiger charge is 2.09. The number of nitrogens with one attached hydrogen (secondary N) is 1. The molecule has 106 valence electrons. The van der Waals surface area contributed by atoms with E-state index in [1.807, 2.05) is 0 Å². The number of hydrogen-bond acceptors (Lipinski definition) is 5. The normalized spacial score (nSPS) is 10.3. The van der Waals surface area contributed by atoms with Crippen LogP contribution in [0.1, 0.15) is 12.6 Å². The molecule has 1 heterocycles. The van der Waals surface area contributed by atoms with Crippen LogP contribution in [-0.2, 0) is 16.0 Å². The molecule has 0 aliphatic carbocycles. The lowest BCUT2D eigenvalue weighted by molar-refractivity contribution is -0.142. The highest BCUT2D eigenvalue weighted by molar-refractivity contribution is 7.13. The lowest BCUT2D eigenvalue weighted by Crippen LogP contribution is -2.07. The van der Waals surface area contributed by atoms with E-state index in [-0.39, 0.29) is 12.4 Å². The Morgan fingerprint density at radius 2 is 2.30 bits per heavy atom. The number of aromatic nitrogens is 1. The van der Waals surface area contributed by atoms with E-state index in [9.17, 15) is 9.18 Å². The van der Waals surface area contributed by atoms with Crippen LogP contribution in [0.15, 0.2) is 23.6 Å². The van der Waals surface area contributed by atoms with Crippen molar-refractivity contribution in [1.29, 1.82) is 0 Å². The van der Waals surface area contributed by atoms with Crippen molar-refractivity contribution < 1.29 is 13.9 Å². The Morgan fingerprint density at radius 3 is 3.00 bits per heavy atom. The zero-order valence-electron chi connectivity index (χ0n) is 10.7. The van der Waals surface area contributed by atoms with Gasteiger partial charge in [-0.2, -0.15) is 0 Å². The third-order valence-electron chi connectivity index (χ3n) is 2.30. The molecule has 0 bridgehead atoms. The van der Waals surface area contributed by atoms with Crippen LogP contribution in [0.4, 0.5) is 15.2 Å². The molecule has 2 rings (SSSR count). The summed E-state index contributed by atoms with van der Waals surface area (Å²) in [7, 11) is 0. The number of rotatable bonds is 5. The van der Waals surface area contributed by atoms with Gasteiger partial charge in [0.2, 0.25) is 0 Å². The summed E-state index contributed by atoms with van der Waals surface area (Å²) in [5.74, 6) is -0.749. The van der Waals surface area contributed by atoms with Gasteiger partial charge >= 0.3 is 5.97 Å². The van der Waals surface area contributed by atoms with Crippen molar-refractivity contribution in [3.63, 3.8) is 0 Å². The third kappa shape index (κ3) is 4.18. The predicted octanol–water partition coefficient (Wildman–Crippen LogP) is 3.78. The molecule has 0 saturated heterocycles. The number of nitrogens with zero attached hydrogens (tertiary/aromatic N) is 1. The number of thiazole rings is 1. The minimum atomic E-state index is -0.427. The van der Waals surface area contributed by atoms with E-state index in [0.29, 0.717) is 28.1 Å². The molecule has 1 aromatic heterocycles. The Bertz CT molecular complexity index is 598. The highest BCUT2D eigenvalue weighted by atomic mass is 35.5. The van der Waals surface area contributed by atoms with Gasteiger partial charge in [-0.25, -0.2) is 9.37 Å². The Morgan fingerprint density at radius 1 is 1.50 bits per heavy atom. The maximum atomic E-state index is 13.2. The van der Waals surface area contributed by atoms with Gasteiger partial charge in [0.25, 0.3) is 0 Å². The van der Waals surface area contributed by atoms with Crippen LogP contribution in [0.3, 0.4) is 0 Å². The molecule has 0 spiro atoms. The minimum Gasteiger partial charge on any atom is -0.466 e. The Balaban J connectivity index is 2.03. The summed E-state index contributed by atoms with van der Waals surface area (Å²) in [5.41, 5.74) is 1.12. The molecule has 20 heavy (non-hydrogen) atoms. The maximum Gasteiger partial charge on any atom is 0.311 e. The summed E-state index contributed by atoms with van der Waals surface area (Å²) in [5, 5.41) is 5.55. The van der Waals surface area contributed by atoms with Crippen LogP contribution in [-0.4, -0.2) is 17.6 Å². The molecule has 4 nitrogen and oxygen atoms in total. The van der Waals surface area contributed by atoms with Crippen molar-refractivity contribution in [3.05, 3.63) is 40.1 Å². The average molecular weight is 315 g/mol. The molecule has 0 amide bonds. The van der Waals surface area contributed by atoms with Crippen molar-refractivity contribution in [1.82, 2.24) is 4.98 Å². The number of hydrogen-bond donors (Lipinski definition) is 1. The van der Waals surface area contributed by atoms with Gasteiger partial charge in [-0.05, 0) is 25.1 Å². The van der Waals surface area contributed by atoms with Crippen LogP contribution in [0.2, 0.25) is 5.02 Å². The molecule has 1 aromatic carbocycles. The van der Waals surface area contributed by atoms with Crippen molar-refractivity contribution in [2.45, 2.75) is 13.3 Å². The molecule has 0 unspecified atom stereocenters. The van der Waals surface area contributed by atoms with Crippen LogP contribution in [0.25, 0.3) is 0 Å². The zero-order chi connectivity index (χ0) is 14.5. The summed E-state index contributed by atoms with van der Waals surface area (Å²) in [6, 6.07) is 4.14. The molecule has 0 atom stereocenters. The number of ether oxygens (including phenoxy) is 1. The summed E-state index contributed by atoms with van der Waals surface area (Å²) in [6.45, 7) is 2.09. The van der Waals surface area contributed by atoms with Gasteiger partial charge in [0.1, 0.15) is 5.82 Å². The van der Waals surface area contributed by atoms with E-state index in [1.165, 1.54) is 23.5 Å². The average Bonchev–Trinajstić information content (AvgIpc) is 2.75. The molecule has 0 aliphatic heterocycles. The van der Waals surface area contributed by atoms with Gasteiger partial charge in [-0.1, -0.05) is 11.6 Å². The number of anilines is 2. The van der Waals surface area contributed by atoms with E-state index < -0.39 is 5.82 Å². The van der Waals surface area contributed by atoms with E-state index in [4.69, 9.17) is 16.3 Å². The van der Waals surface area contributed by atoms with Gasteiger partial charge in [0, 0.05) is 16.1 Å². The van der Waals surface area contributed by atoms with Crippen molar-refractivity contribution >= 4 is 39.7 Å². The fourth-order valence-corrected chi connectivity index (χ4v) is 2.51. The minimum absolute atomic E-state index is 0.121. The van der Waals surface area contributed by atoms with Crippen LogP contribution >= 0.6 is 22.9 Å². The van der Waals surface area contributed by atoms with Gasteiger partial charge in [-0.15, -0.1) is 11.3 Å². The van der Waals surface area contributed by atoms with Gasteiger partial charge < -0.3 is 10.1 Å². The number of carbonyl (C=O) groups is 1. The third-order valence-corrected chi connectivity index (χ3v) is 3.32. The summed E-state index contributed by atoms with van der Waals surface area (Å²) < 4.78 is 18.0. The lowest BCUT2D eigenvalue weighted by Gasteiger charge is -2.03. The van der Waals surface area contributed by atoms with E-state index in [0.717, 1.165) is 0 Å². The fourth-order valence-electron chi connectivity index (χ4n) is 1.55. The molecule has 0 saturated carbocycles. The van der Waals surface area contributed by atoms with Gasteiger partial charge in [-0.3, -0.25) is 4.79 Å².